The summed E-state index contributed by atoms with van der Waals surface area (Å²) < 4.78 is 9.11. The molecule has 5 nitrogen and oxygen atoms in total. The van der Waals surface area contributed by atoms with Crippen molar-refractivity contribution in [2.45, 2.75) is 0 Å². The van der Waals surface area contributed by atoms with Gasteiger partial charge in [-0.05, 0) is 52.3 Å². The van der Waals surface area contributed by atoms with Crippen LogP contribution in [0.5, 0.6) is 5.75 Å². The molecule has 0 unspecified atom stereocenters. The van der Waals surface area contributed by atoms with E-state index in [0.717, 1.165) is 24.1 Å². The van der Waals surface area contributed by atoms with Gasteiger partial charge in [-0.1, -0.05) is 27.3 Å². The Bertz CT molecular complexity index is 1400. The fourth-order valence-corrected chi connectivity index (χ4v) is 5.12. The summed E-state index contributed by atoms with van der Waals surface area (Å²) in [5.74, 6) is 0.152. The lowest BCUT2D eigenvalue weighted by molar-refractivity contribution is 0.476. The first-order valence-electron chi connectivity index (χ1n) is 7.54. The van der Waals surface area contributed by atoms with Gasteiger partial charge in [-0.25, -0.2) is 9.78 Å². The molecule has 0 amide bonds. The van der Waals surface area contributed by atoms with Crippen molar-refractivity contribution in [3.05, 3.63) is 61.1 Å². The molecule has 0 fully saturated rings. The van der Waals surface area contributed by atoms with E-state index in [2.05, 4.69) is 36.8 Å². The summed E-state index contributed by atoms with van der Waals surface area (Å²) in [4.78, 5) is 17.9. The van der Waals surface area contributed by atoms with Crippen molar-refractivity contribution in [1.82, 2.24) is 9.38 Å². The Morgan fingerprint density at radius 1 is 1.12 bits per heavy atom. The lowest BCUT2D eigenvalue weighted by Gasteiger charge is -2.04. The second kappa shape index (κ2) is 5.67. The standard InChI is InChI=1S/C18H8Br2N2O3S/c19-9-1-4-14-8(5-9)6-11(17(24)25-14)15-16(20)26-18-21-12-7-10(23)2-3-13(12)22(15)18/h1-7,23H. The summed E-state index contributed by atoms with van der Waals surface area (Å²) in [6.07, 6.45) is 0. The predicted molar refractivity (Wildman–Crippen MR) is 109 cm³/mol. The Hall–Kier alpha value is -2.16. The zero-order chi connectivity index (χ0) is 18.0. The first-order chi connectivity index (χ1) is 12.5. The zero-order valence-corrected chi connectivity index (χ0v) is 16.9. The first kappa shape index (κ1) is 16.0. The number of hydrogen-bond acceptors (Lipinski definition) is 5. The molecule has 2 aromatic carbocycles. The van der Waals surface area contributed by atoms with Gasteiger partial charge in [-0.2, -0.15) is 0 Å². The van der Waals surface area contributed by atoms with E-state index in [-0.39, 0.29) is 5.75 Å². The van der Waals surface area contributed by atoms with E-state index >= 15 is 0 Å². The third-order valence-electron chi connectivity index (χ3n) is 4.15. The third-order valence-corrected chi connectivity index (χ3v) is 6.33. The van der Waals surface area contributed by atoms with Gasteiger partial charge >= 0.3 is 5.63 Å². The van der Waals surface area contributed by atoms with Crippen LogP contribution in [0.25, 0.3) is 38.2 Å². The molecule has 0 saturated carbocycles. The van der Waals surface area contributed by atoms with Crippen LogP contribution < -0.4 is 5.63 Å². The number of imidazole rings is 1. The number of thiazole rings is 1. The van der Waals surface area contributed by atoms with Crippen LogP contribution in [-0.4, -0.2) is 14.5 Å². The lowest BCUT2D eigenvalue weighted by Crippen LogP contribution is -2.04. The summed E-state index contributed by atoms with van der Waals surface area (Å²) in [7, 11) is 0. The summed E-state index contributed by atoms with van der Waals surface area (Å²) in [5.41, 5.74) is 2.72. The number of nitrogens with zero attached hydrogens (tertiary/aromatic N) is 2. The number of rotatable bonds is 1. The Morgan fingerprint density at radius 2 is 1.96 bits per heavy atom. The van der Waals surface area contributed by atoms with Crippen molar-refractivity contribution in [2.24, 2.45) is 0 Å². The summed E-state index contributed by atoms with van der Waals surface area (Å²) in [6.45, 7) is 0. The van der Waals surface area contributed by atoms with Gasteiger partial charge in [0.1, 0.15) is 11.3 Å². The molecule has 0 saturated heterocycles. The maximum absolute atomic E-state index is 12.7. The van der Waals surface area contributed by atoms with Crippen molar-refractivity contribution in [1.29, 1.82) is 0 Å². The minimum atomic E-state index is -0.416. The largest absolute Gasteiger partial charge is 0.508 e. The number of phenolic OH excluding ortho intramolecular Hbond substituents is 1. The van der Waals surface area contributed by atoms with E-state index in [9.17, 15) is 9.90 Å². The summed E-state index contributed by atoms with van der Waals surface area (Å²) in [6, 6.07) is 12.3. The maximum atomic E-state index is 12.7. The molecule has 0 radical (unpaired) electrons. The Labute approximate surface area is 166 Å². The van der Waals surface area contributed by atoms with E-state index in [1.165, 1.54) is 11.3 Å². The first-order valence-corrected chi connectivity index (χ1v) is 9.95. The van der Waals surface area contributed by atoms with Gasteiger partial charge in [0.2, 0.25) is 0 Å². The molecule has 1 N–H and O–H groups in total. The lowest BCUT2D eigenvalue weighted by atomic mass is 10.1. The van der Waals surface area contributed by atoms with Crippen LogP contribution in [0.15, 0.2) is 59.9 Å². The number of halogens is 2. The molecule has 5 aromatic rings. The number of hydrogen-bond donors (Lipinski definition) is 1. The molecule has 0 aliphatic carbocycles. The van der Waals surface area contributed by atoms with Crippen LogP contribution in [0.1, 0.15) is 0 Å². The molecule has 0 aliphatic rings. The maximum Gasteiger partial charge on any atom is 0.345 e. The Morgan fingerprint density at radius 3 is 2.81 bits per heavy atom. The van der Waals surface area contributed by atoms with Crippen molar-refractivity contribution in [3.63, 3.8) is 0 Å². The molecule has 26 heavy (non-hydrogen) atoms. The van der Waals surface area contributed by atoms with Crippen molar-refractivity contribution in [3.8, 4) is 17.0 Å². The average Bonchev–Trinajstić information content (AvgIpc) is 3.08. The smallest absolute Gasteiger partial charge is 0.345 e. The summed E-state index contributed by atoms with van der Waals surface area (Å²) in [5, 5.41) is 10.5. The molecular formula is C18H8Br2N2O3S. The van der Waals surface area contributed by atoms with E-state index in [1.54, 1.807) is 24.3 Å². The number of phenols is 1. The topological polar surface area (TPSA) is 67.7 Å². The van der Waals surface area contributed by atoms with Crippen LogP contribution >= 0.6 is 43.2 Å². The van der Waals surface area contributed by atoms with Crippen LogP contribution in [0.2, 0.25) is 0 Å². The Kier molecular flexibility index (Phi) is 3.50. The molecule has 0 spiro atoms. The molecule has 128 valence electrons. The fourth-order valence-electron chi connectivity index (χ4n) is 3.03. The fraction of sp³-hybridized carbons (Fsp3) is 0. The van der Waals surface area contributed by atoms with Crippen molar-refractivity contribution < 1.29 is 9.52 Å². The number of aromatic nitrogens is 2. The van der Waals surface area contributed by atoms with Gasteiger partial charge in [0.25, 0.3) is 0 Å². The van der Waals surface area contributed by atoms with Gasteiger partial charge in [-0.3, -0.25) is 4.40 Å². The van der Waals surface area contributed by atoms with Gasteiger partial charge in [0.15, 0.2) is 4.96 Å². The van der Waals surface area contributed by atoms with Crippen LogP contribution in [0.3, 0.4) is 0 Å². The minimum Gasteiger partial charge on any atom is -0.508 e. The van der Waals surface area contributed by atoms with Crippen molar-refractivity contribution >= 4 is 70.2 Å². The molecule has 0 aliphatic heterocycles. The minimum absolute atomic E-state index is 0.152. The highest BCUT2D eigenvalue weighted by Crippen LogP contribution is 2.38. The molecule has 8 heteroatoms. The Balaban J connectivity index is 1.90. The molecule has 5 rings (SSSR count). The second-order valence-electron chi connectivity index (χ2n) is 5.76. The molecule has 0 bridgehead atoms. The average molecular weight is 492 g/mol. The van der Waals surface area contributed by atoms with Gasteiger partial charge in [0, 0.05) is 15.9 Å². The highest BCUT2D eigenvalue weighted by Gasteiger charge is 2.20. The van der Waals surface area contributed by atoms with E-state index in [0.29, 0.717) is 22.4 Å². The summed E-state index contributed by atoms with van der Waals surface area (Å²) >= 11 is 8.42. The molecular weight excluding hydrogens is 484 g/mol. The molecule has 0 atom stereocenters. The van der Waals surface area contributed by atoms with Gasteiger partial charge in [0.05, 0.1) is 26.1 Å². The second-order valence-corrected chi connectivity index (χ2v) is 8.97. The number of fused-ring (bicyclic) bond motifs is 4. The van der Waals surface area contributed by atoms with Crippen LogP contribution in [0.4, 0.5) is 0 Å². The SMILES string of the molecule is O=c1oc2ccc(Br)cc2cc1-c1c(Br)sc2nc3cc(O)ccc3n12. The highest BCUT2D eigenvalue weighted by atomic mass is 79.9. The zero-order valence-electron chi connectivity index (χ0n) is 12.9. The molecule has 3 aromatic heterocycles. The third kappa shape index (κ3) is 2.33. The molecule has 3 heterocycles. The van der Waals surface area contributed by atoms with Gasteiger partial charge < -0.3 is 9.52 Å². The van der Waals surface area contributed by atoms with Crippen LogP contribution in [-0.2, 0) is 0 Å². The number of benzene rings is 2. The quantitative estimate of drug-likeness (QED) is 0.312. The van der Waals surface area contributed by atoms with Gasteiger partial charge in [-0.15, -0.1) is 0 Å². The van der Waals surface area contributed by atoms with E-state index in [4.69, 9.17) is 4.42 Å². The van der Waals surface area contributed by atoms with E-state index in [1.807, 2.05) is 22.6 Å². The number of aromatic hydroxyl groups is 1. The normalized spacial score (nSPS) is 11.8. The van der Waals surface area contributed by atoms with E-state index < -0.39 is 5.63 Å². The monoisotopic (exact) mass is 490 g/mol. The highest BCUT2D eigenvalue weighted by molar-refractivity contribution is 9.11. The van der Waals surface area contributed by atoms with Crippen molar-refractivity contribution in [2.75, 3.05) is 0 Å². The van der Waals surface area contributed by atoms with Crippen LogP contribution in [0, 0.1) is 0 Å². The predicted octanol–water partition coefficient (Wildman–Crippen LogP) is 5.55.